The summed E-state index contributed by atoms with van der Waals surface area (Å²) < 4.78 is 10.5. The second kappa shape index (κ2) is 11.0. The van der Waals surface area contributed by atoms with Crippen molar-refractivity contribution in [1.82, 2.24) is 5.32 Å². The summed E-state index contributed by atoms with van der Waals surface area (Å²) >= 11 is 0. The zero-order valence-electron chi connectivity index (χ0n) is 9.11. The summed E-state index contributed by atoms with van der Waals surface area (Å²) in [7, 11) is 3.57. The molecule has 6 heteroatoms. The molecule has 0 aromatic heterocycles. The van der Waals surface area contributed by atoms with Crippen molar-refractivity contribution in [2.45, 2.75) is 6.42 Å². The van der Waals surface area contributed by atoms with E-state index in [2.05, 4.69) is 12.4 Å². The van der Waals surface area contributed by atoms with E-state index < -0.39 is 0 Å². The number of fused-ring (bicyclic) bond motifs is 1. The number of rotatable bonds is 3. The van der Waals surface area contributed by atoms with Crippen LogP contribution in [0, 0.1) is 7.05 Å². The molecule has 0 aliphatic carbocycles. The maximum atomic E-state index is 5.26. The van der Waals surface area contributed by atoms with E-state index in [4.69, 9.17) is 9.47 Å². The van der Waals surface area contributed by atoms with Crippen molar-refractivity contribution in [2.75, 3.05) is 13.3 Å². The van der Waals surface area contributed by atoms with Crippen LogP contribution in [0.4, 0.5) is 0 Å². The van der Waals surface area contributed by atoms with Gasteiger partial charge >= 0.3 is 0 Å². The Balaban J connectivity index is 0. The maximum Gasteiger partial charge on any atom is 0.231 e. The van der Waals surface area contributed by atoms with Crippen LogP contribution in [-0.4, -0.2) is 13.3 Å². The van der Waals surface area contributed by atoms with Gasteiger partial charge in [-0.2, -0.15) is 0 Å². The van der Waals surface area contributed by atoms with Crippen LogP contribution in [0.3, 0.4) is 0 Å². The van der Waals surface area contributed by atoms with Gasteiger partial charge in [0.25, 0.3) is 0 Å². The maximum absolute atomic E-state index is 5.26. The Hall–Kier alpha value is 2.09. The second-order valence-corrected chi connectivity index (χ2v) is 2.94. The zero-order valence-corrected chi connectivity index (χ0v) is 17.6. The average molecular weight is 445 g/mol. The molecule has 1 aromatic carbocycles. The van der Waals surface area contributed by atoms with Gasteiger partial charge in [0.15, 0.2) is 11.5 Å². The smallest absolute Gasteiger partial charge is 0.231 e. The van der Waals surface area contributed by atoms with Gasteiger partial charge in [0.2, 0.25) is 6.79 Å². The number of nitrogens with one attached hydrogen (secondary N) is 1. The number of hydrogen-bond acceptors (Lipinski definition) is 3. The Bertz CT molecular complexity index is 310. The third-order valence-corrected chi connectivity index (χ3v) is 2.03. The first kappa shape index (κ1) is 20.4. The monoisotopic (exact) mass is 445 g/mol. The quantitative estimate of drug-likeness (QED) is 0.714. The summed E-state index contributed by atoms with van der Waals surface area (Å²) in [4.78, 5) is 0. The molecule has 1 heterocycles. The van der Waals surface area contributed by atoms with Crippen molar-refractivity contribution in [1.29, 1.82) is 0 Å². The molecular weight excluding hydrogens is 433 g/mol. The fourth-order valence-electron chi connectivity index (χ4n) is 1.33. The molecule has 2 rings (SSSR count). The van der Waals surface area contributed by atoms with Crippen molar-refractivity contribution >= 4 is 0 Å². The minimum absolute atomic E-state index is 0. The molecule has 1 aliphatic rings. The molecule has 0 atom stereocenters. The molecule has 0 amide bonds. The minimum Gasteiger partial charge on any atom is -0.472 e. The largest absolute Gasteiger partial charge is 0.472 e. The molecule has 0 unspecified atom stereocenters. The van der Waals surface area contributed by atoms with Gasteiger partial charge in [0.05, 0.1) is 0 Å². The van der Waals surface area contributed by atoms with Gasteiger partial charge in [-0.1, -0.05) is 6.07 Å². The van der Waals surface area contributed by atoms with Crippen molar-refractivity contribution in [2.24, 2.45) is 0 Å². The van der Waals surface area contributed by atoms with Crippen LogP contribution in [-0.2, 0) is 105 Å². The van der Waals surface area contributed by atoms with Crippen LogP contribution in [0.2, 0.25) is 0 Å². The normalized spacial score (nSPS) is 10.8. The molecule has 16 heavy (non-hydrogen) atoms. The molecule has 0 bridgehead atoms. The first-order chi connectivity index (χ1) is 6.40. The topological polar surface area (TPSA) is 30.5 Å². The van der Waals surface area contributed by atoms with Gasteiger partial charge in [0, 0.05) is 98.1 Å². The van der Waals surface area contributed by atoms with E-state index in [0.29, 0.717) is 6.79 Å². The predicted molar refractivity (Wildman–Crippen MR) is 49.6 cm³/mol. The molecule has 1 aromatic rings. The Labute approximate surface area is 172 Å². The van der Waals surface area contributed by atoms with Crippen molar-refractivity contribution in [3.05, 3.63) is 30.8 Å². The van der Waals surface area contributed by atoms with Crippen LogP contribution in [0.15, 0.2) is 18.2 Å². The van der Waals surface area contributed by atoms with E-state index in [1.165, 1.54) is 5.56 Å². The average Bonchev–Trinajstić information content (AvgIpc) is 2.61. The van der Waals surface area contributed by atoms with Crippen LogP contribution in [0.5, 0.6) is 11.5 Å². The first-order valence-corrected chi connectivity index (χ1v) is 4.28. The van der Waals surface area contributed by atoms with E-state index >= 15 is 0 Å². The molecule has 0 spiro atoms. The van der Waals surface area contributed by atoms with Crippen LogP contribution in [0.25, 0.3) is 0 Å². The molecule has 3 nitrogen and oxygen atoms in total. The Morgan fingerprint density at radius 3 is 2.50 bits per heavy atom. The van der Waals surface area contributed by atoms with Gasteiger partial charge in [-0.25, -0.2) is 0 Å². The first-order valence-electron chi connectivity index (χ1n) is 4.28. The standard InChI is InChI=1S/C10H12NO2.3Y/c1-11-5-4-8-2-3-9-10(6-8)13-7-12-9;;;/h2-3,6,11H,1,4-5,7H2;;;/q-1;;;. The van der Waals surface area contributed by atoms with Gasteiger partial charge < -0.3 is 14.8 Å². The number of hydrogen-bond donors (Lipinski definition) is 1. The minimum atomic E-state index is 0. The Morgan fingerprint density at radius 2 is 1.81 bits per heavy atom. The third-order valence-electron chi connectivity index (χ3n) is 2.03. The molecule has 1 N–H and O–H groups in total. The molecule has 1 aliphatic heterocycles. The van der Waals surface area contributed by atoms with E-state index in [0.717, 1.165) is 24.5 Å². The van der Waals surface area contributed by atoms with Gasteiger partial charge in [0.1, 0.15) is 0 Å². The molecule has 0 saturated heterocycles. The van der Waals surface area contributed by atoms with Crippen molar-refractivity contribution in [3.8, 4) is 11.5 Å². The Kier molecular flexibility index (Phi) is 14.0. The van der Waals surface area contributed by atoms with E-state index in [1.807, 2.05) is 18.2 Å². The van der Waals surface area contributed by atoms with Crippen LogP contribution < -0.4 is 14.8 Å². The molecule has 0 fully saturated rings. The summed E-state index contributed by atoms with van der Waals surface area (Å²) in [5.74, 6) is 1.69. The Morgan fingerprint density at radius 1 is 1.12 bits per heavy atom. The molecule has 0 saturated carbocycles. The SMILES string of the molecule is [CH2-]NCCc1ccc2c(c1)OCO2.[Y].[Y].[Y]. The van der Waals surface area contributed by atoms with Crippen LogP contribution in [0.1, 0.15) is 5.56 Å². The summed E-state index contributed by atoms with van der Waals surface area (Å²) in [6, 6.07) is 6.01. The number of ether oxygens (including phenoxy) is 2. The summed E-state index contributed by atoms with van der Waals surface area (Å²) in [5.41, 5.74) is 1.24. The van der Waals surface area contributed by atoms with Gasteiger partial charge in [-0.15, -0.1) is 0 Å². The predicted octanol–water partition coefficient (Wildman–Crippen LogP) is 1.33. The fourth-order valence-corrected chi connectivity index (χ4v) is 1.33. The summed E-state index contributed by atoms with van der Waals surface area (Å²) in [6.45, 7) is 1.21. The van der Waals surface area contributed by atoms with Gasteiger partial charge in [-0.05, 0) is 30.7 Å². The van der Waals surface area contributed by atoms with Crippen molar-refractivity contribution in [3.63, 3.8) is 0 Å². The van der Waals surface area contributed by atoms with Gasteiger partial charge in [-0.3, -0.25) is 7.05 Å². The van der Waals surface area contributed by atoms with Crippen molar-refractivity contribution < 1.29 is 108 Å². The third kappa shape index (κ3) is 5.82. The van der Waals surface area contributed by atoms with E-state index in [9.17, 15) is 0 Å². The number of benzene rings is 1. The molecular formula is C10H12NO2Y3-. The van der Waals surface area contributed by atoms with E-state index in [-0.39, 0.29) is 98.1 Å². The van der Waals surface area contributed by atoms with Crippen LogP contribution >= 0.6 is 0 Å². The summed E-state index contributed by atoms with van der Waals surface area (Å²) in [6.07, 6.45) is 0.958. The summed E-state index contributed by atoms with van der Waals surface area (Å²) in [5, 5.41) is 2.86. The molecule has 3 radical (unpaired) electrons. The zero-order chi connectivity index (χ0) is 9.10. The van der Waals surface area contributed by atoms with E-state index in [1.54, 1.807) is 0 Å². The molecule has 79 valence electrons. The second-order valence-electron chi connectivity index (χ2n) is 2.94. The fraction of sp³-hybridized carbons (Fsp3) is 0.300.